The Balaban J connectivity index is 1.69. The second kappa shape index (κ2) is 7.68. The number of benzene rings is 1. The number of aromatic nitrogens is 3. The molecule has 2 amide bonds. The maximum Gasteiger partial charge on any atom is 0.312 e. The van der Waals surface area contributed by atoms with Crippen LogP contribution in [-0.4, -0.2) is 38.0 Å². The fraction of sp³-hybridized carbons (Fsp3) is 0.474. The molecule has 0 saturated heterocycles. The molecule has 3 rings (SSSR count). The molecule has 7 nitrogen and oxygen atoms in total. The van der Waals surface area contributed by atoms with E-state index in [0.29, 0.717) is 31.3 Å². The van der Waals surface area contributed by atoms with Crippen molar-refractivity contribution in [2.75, 3.05) is 6.54 Å². The fourth-order valence-electron chi connectivity index (χ4n) is 3.35. The van der Waals surface area contributed by atoms with Gasteiger partial charge in [0.1, 0.15) is 12.2 Å². The summed E-state index contributed by atoms with van der Waals surface area (Å²) in [7, 11) is 1.78. The first-order valence-corrected chi connectivity index (χ1v) is 8.96. The van der Waals surface area contributed by atoms with Gasteiger partial charge in [0.25, 0.3) is 0 Å². The number of nitrogens with one attached hydrogen (secondary N) is 1. The Bertz CT molecular complexity index is 799. The van der Waals surface area contributed by atoms with Gasteiger partial charge < -0.3 is 10.2 Å². The molecule has 1 atom stereocenters. The van der Waals surface area contributed by atoms with E-state index in [9.17, 15) is 9.59 Å². The van der Waals surface area contributed by atoms with Crippen LogP contribution in [0.5, 0.6) is 0 Å². The van der Waals surface area contributed by atoms with E-state index >= 15 is 0 Å². The van der Waals surface area contributed by atoms with Crippen LogP contribution in [0.15, 0.2) is 30.6 Å². The topological polar surface area (TPSA) is 80.1 Å². The van der Waals surface area contributed by atoms with Crippen molar-refractivity contribution in [3.63, 3.8) is 0 Å². The number of carbonyl (C=O) groups is 2. The molecular weight excluding hydrogens is 330 g/mol. The van der Waals surface area contributed by atoms with Gasteiger partial charge in [-0.15, -0.1) is 0 Å². The molecule has 0 saturated carbocycles. The molecule has 1 aromatic carbocycles. The van der Waals surface area contributed by atoms with Gasteiger partial charge in [-0.05, 0) is 29.9 Å². The van der Waals surface area contributed by atoms with Crippen LogP contribution in [0.3, 0.4) is 0 Å². The molecule has 138 valence electrons. The third kappa shape index (κ3) is 3.92. The van der Waals surface area contributed by atoms with Crippen molar-refractivity contribution in [3.05, 3.63) is 47.5 Å². The Morgan fingerprint density at radius 2 is 1.96 bits per heavy atom. The minimum Gasteiger partial charge on any atom is -0.338 e. The highest BCUT2D eigenvalue weighted by atomic mass is 16.2. The highest BCUT2D eigenvalue weighted by molar-refractivity contribution is 6.35. The Morgan fingerprint density at radius 1 is 1.23 bits per heavy atom. The lowest BCUT2D eigenvalue weighted by Gasteiger charge is -2.29. The van der Waals surface area contributed by atoms with E-state index in [-0.39, 0.29) is 6.04 Å². The zero-order chi connectivity index (χ0) is 18.7. The number of rotatable bonds is 4. The third-order valence-corrected chi connectivity index (χ3v) is 4.68. The summed E-state index contributed by atoms with van der Waals surface area (Å²) in [6, 6.07) is 7.70. The van der Waals surface area contributed by atoms with Crippen LogP contribution < -0.4 is 5.32 Å². The minimum absolute atomic E-state index is 0.337. The first kappa shape index (κ1) is 18.1. The summed E-state index contributed by atoms with van der Waals surface area (Å²) in [4.78, 5) is 31.1. The molecule has 0 spiro atoms. The zero-order valence-electron chi connectivity index (χ0n) is 15.5. The average molecular weight is 355 g/mol. The van der Waals surface area contributed by atoms with E-state index in [2.05, 4.69) is 35.3 Å². The number of carbonyl (C=O) groups excluding carboxylic acids is 2. The Hall–Kier alpha value is -2.70. The van der Waals surface area contributed by atoms with Crippen LogP contribution in [0.1, 0.15) is 43.3 Å². The highest BCUT2D eigenvalue weighted by Crippen LogP contribution is 2.21. The first-order valence-electron chi connectivity index (χ1n) is 8.96. The number of hydrogen-bond acceptors (Lipinski definition) is 4. The lowest BCUT2D eigenvalue weighted by molar-refractivity contribution is -0.147. The number of amides is 2. The Morgan fingerprint density at radius 3 is 2.62 bits per heavy atom. The molecule has 7 heteroatoms. The molecule has 2 aromatic rings. The molecule has 0 unspecified atom stereocenters. The molecule has 1 aliphatic heterocycles. The summed E-state index contributed by atoms with van der Waals surface area (Å²) in [5.41, 5.74) is 2.35. The predicted molar refractivity (Wildman–Crippen MR) is 96.9 cm³/mol. The Kier molecular flexibility index (Phi) is 5.35. The SMILES string of the molecule is CC(C)C[C@@H](NC(=O)C(=O)N1CCc2ccccc2C1)c1ncnn1C. The van der Waals surface area contributed by atoms with Gasteiger partial charge in [0.15, 0.2) is 0 Å². The minimum atomic E-state index is -0.585. The van der Waals surface area contributed by atoms with Crippen LogP contribution in [0.2, 0.25) is 0 Å². The van der Waals surface area contributed by atoms with Crippen molar-refractivity contribution >= 4 is 11.8 Å². The lowest BCUT2D eigenvalue weighted by Crippen LogP contribution is -2.46. The molecule has 1 aliphatic rings. The van der Waals surface area contributed by atoms with Crippen LogP contribution in [-0.2, 0) is 29.6 Å². The third-order valence-electron chi connectivity index (χ3n) is 4.68. The molecule has 0 aliphatic carbocycles. The molecule has 26 heavy (non-hydrogen) atoms. The number of aryl methyl sites for hydroxylation is 1. The summed E-state index contributed by atoms with van der Waals surface area (Å²) < 4.78 is 1.63. The van der Waals surface area contributed by atoms with Crippen LogP contribution in [0.4, 0.5) is 0 Å². The normalized spacial score (nSPS) is 14.8. The van der Waals surface area contributed by atoms with Gasteiger partial charge in [0.05, 0.1) is 6.04 Å². The van der Waals surface area contributed by atoms with Gasteiger partial charge in [-0.2, -0.15) is 5.10 Å². The van der Waals surface area contributed by atoms with Crippen molar-refractivity contribution in [1.29, 1.82) is 0 Å². The van der Waals surface area contributed by atoms with Crippen molar-refractivity contribution < 1.29 is 9.59 Å². The monoisotopic (exact) mass is 355 g/mol. The summed E-state index contributed by atoms with van der Waals surface area (Å²) >= 11 is 0. The molecule has 0 radical (unpaired) electrons. The van der Waals surface area contributed by atoms with E-state index in [1.807, 2.05) is 18.2 Å². The maximum absolute atomic E-state index is 12.7. The van der Waals surface area contributed by atoms with Crippen molar-refractivity contribution in [2.24, 2.45) is 13.0 Å². The van der Waals surface area contributed by atoms with E-state index in [0.717, 1.165) is 12.0 Å². The van der Waals surface area contributed by atoms with Gasteiger partial charge in [0, 0.05) is 20.1 Å². The largest absolute Gasteiger partial charge is 0.338 e. The molecule has 0 bridgehead atoms. The quantitative estimate of drug-likeness (QED) is 0.845. The van der Waals surface area contributed by atoms with Crippen LogP contribution in [0.25, 0.3) is 0 Å². The van der Waals surface area contributed by atoms with Gasteiger partial charge in [-0.25, -0.2) is 4.98 Å². The standard InChI is InChI=1S/C19H25N5O2/c1-13(2)10-16(17-20-12-21-23(17)3)22-18(25)19(26)24-9-8-14-6-4-5-7-15(14)11-24/h4-7,12-13,16H,8-11H2,1-3H3,(H,22,25)/t16-/m1/s1. The van der Waals surface area contributed by atoms with E-state index in [4.69, 9.17) is 0 Å². The summed E-state index contributed by atoms with van der Waals surface area (Å²) in [5, 5.41) is 6.93. The lowest BCUT2D eigenvalue weighted by atomic mass is 10.00. The first-order chi connectivity index (χ1) is 12.5. The second-order valence-electron chi connectivity index (χ2n) is 7.14. The molecule has 2 heterocycles. The molecular formula is C19H25N5O2. The Labute approximate surface area is 153 Å². The smallest absolute Gasteiger partial charge is 0.312 e. The summed E-state index contributed by atoms with van der Waals surface area (Å²) in [6.07, 6.45) is 2.92. The average Bonchev–Trinajstić information content (AvgIpc) is 3.05. The summed E-state index contributed by atoms with van der Waals surface area (Å²) in [5.74, 6) is -0.0775. The summed E-state index contributed by atoms with van der Waals surface area (Å²) in [6.45, 7) is 5.17. The molecule has 0 fully saturated rings. The molecule has 1 aromatic heterocycles. The van der Waals surface area contributed by atoms with Crippen molar-refractivity contribution in [3.8, 4) is 0 Å². The van der Waals surface area contributed by atoms with Gasteiger partial charge >= 0.3 is 11.8 Å². The van der Waals surface area contributed by atoms with Crippen molar-refractivity contribution in [1.82, 2.24) is 25.0 Å². The van der Waals surface area contributed by atoms with E-state index in [1.165, 1.54) is 11.9 Å². The van der Waals surface area contributed by atoms with E-state index in [1.54, 1.807) is 16.6 Å². The van der Waals surface area contributed by atoms with Gasteiger partial charge in [-0.1, -0.05) is 38.1 Å². The van der Waals surface area contributed by atoms with E-state index < -0.39 is 11.8 Å². The highest BCUT2D eigenvalue weighted by Gasteiger charge is 2.29. The molecule has 1 N–H and O–H groups in total. The van der Waals surface area contributed by atoms with Crippen LogP contribution in [0, 0.1) is 5.92 Å². The number of fused-ring (bicyclic) bond motifs is 1. The zero-order valence-corrected chi connectivity index (χ0v) is 15.5. The van der Waals surface area contributed by atoms with Gasteiger partial charge in [0.2, 0.25) is 0 Å². The van der Waals surface area contributed by atoms with Crippen molar-refractivity contribution in [2.45, 2.75) is 39.3 Å². The maximum atomic E-state index is 12.7. The second-order valence-corrected chi connectivity index (χ2v) is 7.14. The number of hydrogen-bond donors (Lipinski definition) is 1. The predicted octanol–water partition coefficient (Wildman–Crippen LogP) is 1.60. The fourth-order valence-corrected chi connectivity index (χ4v) is 3.35. The van der Waals surface area contributed by atoms with Gasteiger partial charge in [-0.3, -0.25) is 14.3 Å². The van der Waals surface area contributed by atoms with Crippen LogP contribution >= 0.6 is 0 Å². The number of nitrogens with zero attached hydrogens (tertiary/aromatic N) is 4.